The van der Waals surface area contributed by atoms with Crippen molar-refractivity contribution in [3.63, 3.8) is 0 Å². The minimum absolute atomic E-state index is 0.985. The van der Waals surface area contributed by atoms with Crippen molar-refractivity contribution in [1.29, 1.82) is 0 Å². The van der Waals surface area contributed by atoms with Gasteiger partial charge in [-0.25, -0.2) is 4.98 Å². The van der Waals surface area contributed by atoms with Gasteiger partial charge in [-0.15, -0.1) is 0 Å². The van der Waals surface area contributed by atoms with Crippen LogP contribution >= 0.6 is 0 Å². The van der Waals surface area contributed by atoms with Crippen LogP contribution in [-0.2, 0) is 0 Å². The number of fused-ring (bicyclic) bond motifs is 13. The van der Waals surface area contributed by atoms with Crippen molar-refractivity contribution >= 4 is 92.2 Å². The third kappa shape index (κ3) is 4.84. The zero-order chi connectivity index (χ0) is 38.6. The molecule has 0 aliphatic carbocycles. The van der Waals surface area contributed by atoms with Gasteiger partial charge in [0.05, 0.1) is 16.6 Å². The van der Waals surface area contributed by atoms with Gasteiger partial charge < -0.3 is 0 Å². The Bertz CT molecular complexity index is 3910. The maximum Gasteiger partial charge on any atom is 0.146 e. The standard InChI is InChI=1S/C57H34N2/c1-3-13-37-29-43(23-21-35(37)11-1)55-45-17-7-8-18-46(45)56(44-24-22-36-12-2-4-14-38(36)30-44)51-33-42(25-27-47(51)55)41-26-28-48-49(31-41)50-32-39-15-5-6-16-40(39)34-54(50)59-53-20-10-9-19-52(53)58-57(48)59/h1-34H. The first-order valence-electron chi connectivity index (χ1n) is 20.4. The van der Waals surface area contributed by atoms with Gasteiger partial charge in [0.2, 0.25) is 0 Å². The number of hydrogen-bond acceptors (Lipinski definition) is 1. The fraction of sp³-hybridized carbons (Fsp3) is 0. The lowest BCUT2D eigenvalue weighted by Gasteiger charge is -2.19. The molecule has 0 aliphatic rings. The van der Waals surface area contributed by atoms with Crippen LogP contribution in [-0.4, -0.2) is 9.38 Å². The van der Waals surface area contributed by atoms with E-state index in [-0.39, 0.29) is 0 Å². The lowest BCUT2D eigenvalue weighted by atomic mass is 9.84. The van der Waals surface area contributed by atoms with E-state index in [4.69, 9.17) is 4.98 Å². The van der Waals surface area contributed by atoms with E-state index in [2.05, 4.69) is 211 Å². The van der Waals surface area contributed by atoms with Gasteiger partial charge in [0.15, 0.2) is 0 Å². The number of aromatic nitrogens is 2. The van der Waals surface area contributed by atoms with Gasteiger partial charge in [-0.05, 0) is 147 Å². The van der Waals surface area contributed by atoms with Crippen LogP contribution in [0.2, 0.25) is 0 Å². The van der Waals surface area contributed by atoms with Crippen LogP contribution in [0.15, 0.2) is 206 Å². The number of para-hydroxylation sites is 2. The van der Waals surface area contributed by atoms with E-state index in [1.165, 1.54) is 104 Å². The highest BCUT2D eigenvalue weighted by atomic mass is 15.0. The summed E-state index contributed by atoms with van der Waals surface area (Å²) in [5.74, 6) is 0. The normalized spacial score (nSPS) is 12.1. The Kier molecular flexibility index (Phi) is 6.76. The molecule has 2 heteroatoms. The third-order valence-corrected chi connectivity index (χ3v) is 12.6. The number of pyridine rings is 1. The van der Waals surface area contributed by atoms with Crippen molar-refractivity contribution in [2.45, 2.75) is 0 Å². The quantitative estimate of drug-likeness (QED) is 0.130. The molecule has 0 radical (unpaired) electrons. The monoisotopic (exact) mass is 746 g/mol. The van der Waals surface area contributed by atoms with Crippen LogP contribution in [0.25, 0.3) is 126 Å². The molecule has 11 aromatic carbocycles. The molecule has 0 aliphatic heterocycles. The van der Waals surface area contributed by atoms with Crippen molar-refractivity contribution in [3.8, 4) is 33.4 Å². The van der Waals surface area contributed by atoms with E-state index in [1.807, 2.05) is 0 Å². The molecule has 0 N–H and O–H groups in total. The van der Waals surface area contributed by atoms with E-state index >= 15 is 0 Å². The molecule has 2 aromatic heterocycles. The predicted octanol–water partition coefficient (Wildman–Crippen LogP) is 15.6. The van der Waals surface area contributed by atoms with Gasteiger partial charge in [-0.2, -0.15) is 0 Å². The first-order valence-corrected chi connectivity index (χ1v) is 20.4. The first-order chi connectivity index (χ1) is 29.2. The minimum Gasteiger partial charge on any atom is -0.292 e. The van der Waals surface area contributed by atoms with E-state index in [1.54, 1.807) is 0 Å². The molecule has 59 heavy (non-hydrogen) atoms. The highest BCUT2D eigenvalue weighted by Gasteiger charge is 2.20. The molecule has 0 spiro atoms. The Balaban J connectivity index is 1.12. The fourth-order valence-electron chi connectivity index (χ4n) is 9.89. The van der Waals surface area contributed by atoms with Gasteiger partial charge >= 0.3 is 0 Å². The molecule has 0 saturated carbocycles. The molecular formula is C57H34N2. The highest BCUT2D eigenvalue weighted by Crippen LogP contribution is 2.46. The van der Waals surface area contributed by atoms with Gasteiger partial charge in [-0.3, -0.25) is 4.40 Å². The van der Waals surface area contributed by atoms with Crippen LogP contribution in [0.1, 0.15) is 0 Å². The summed E-state index contributed by atoms with van der Waals surface area (Å²) in [7, 11) is 0. The largest absolute Gasteiger partial charge is 0.292 e. The van der Waals surface area contributed by atoms with Crippen LogP contribution in [0.4, 0.5) is 0 Å². The molecule has 272 valence electrons. The van der Waals surface area contributed by atoms with Crippen LogP contribution in [0.5, 0.6) is 0 Å². The van der Waals surface area contributed by atoms with Crippen molar-refractivity contribution in [2.24, 2.45) is 0 Å². The number of benzene rings is 11. The molecule has 13 rings (SSSR count). The highest BCUT2D eigenvalue weighted by molar-refractivity contribution is 6.23. The van der Waals surface area contributed by atoms with Crippen LogP contribution in [0.3, 0.4) is 0 Å². The van der Waals surface area contributed by atoms with Crippen molar-refractivity contribution in [1.82, 2.24) is 9.38 Å². The molecule has 0 atom stereocenters. The molecule has 0 saturated heterocycles. The van der Waals surface area contributed by atoms with E-state index in [0.717, 1.165) is 22.1 Å². The predicted molar refractivity (Wildman–Crippen MR) is 252 cm³/mol. The molecule has 0 bridgehead atoms. The van der Waals surface area contributed by atoms with E-state index < -0.39 is 0 Å². The van der Waals surface area contributed by atoms with Gasteiger partial charge in [0.1, 0.15) is 5.65 Å². The lowest BCUT2D eigenvalue weighted by Crippen LogP contribution is -1.93. The zero-order valence-corrected chi connectivity index (χ0v) is 32.0. The Morgan fingerprint density at radius 1 is 0.271 bits per heavy atom. The van der Waals surface area contributed by atoms with E-state index in [9.17, 15) is 0 Å². The number of rotatable bonds is 3. The van der Waals surface area contributed by atoms with Gasteiger partial charge in [0, 0.05) is 10.8 Å². The average Bonchev–Trinajstić information content (AvgIpc) is 3.70. The zero-order valence-electron chi connectivity index (χ0n) is 32.0. The molecule has 0 fully saturated rings. The summed E-state index contributed by atoms with van der Waals surface area (Å²) in [4.78, 5) is 5.23. The summed E-state index contributed by atoms with van der Waals surface area (Å²) in [6.45, 7) is 0. The van der Waals surface area contributed by atoms with Crippen molar-refractivity contribution < 1.29 is 0 Å². The minimum atomic E-state index is 0.985. The number of hydrogen-bond donors (Lipinski definition) is 0. The summed E-state index contributed by atoms with van der Waals surface area (Å²) < 4.78 is 2.35. The maximum absolute atomic E-state index is 5.23. The lowest BCUT2D eigenvalue weighted by molar-refractivity contribution is 1.32. The second-order valence-corrected chi connectivity index (χ2v) is 15.9. The van der Waals surface area contributed by atoms with Crippen molar-refractivity contribution in [3.05, 3.63) is 206 Å². The molecule has 0 unspecified atom stereocenters. The molecule has 13 aromatic rings. The maximum atomic E-state index is 5.23. The number of nitrogens with zero attached hydrogens (tertiary/aromatic N) is 2. The average molecular weight is 747 g/mol. The summed E-state index contributed by atoms with van der Waals surface area (Å²) >= 11 is 0. The summed E-state index contributed by atoms with van der Waals surface area (Å²) in [5.41, 5.74) is 11.6. The van der Waals surface area contributed by atoms with Gasteiger partial charge in [-0.1, -0.05) is 152 Å². The fourth-order valence-corrected chi connectivity index (χ4v) is 9.89. The molecule has 2 nitrogen and oxygen atoms in total. The van der Waals surface area contributed by atoms with Crippen molar-refractivity contribution in [2.75, 3.05) is 0 Å². The molecular weight excluding hydrogens is 713 g/mol. The Labute approximate surface area is 339 Å². The Hall–Kier alpha value is -7.81. The topological polar surface area (TPSA) is 17.3 Å². The van der Waals surface area contributed by atoms with E-state index in [0.29, 0.717) is 0 Å². The van der Waals surface area contributed by atoms with Crippen LogP contribution in [0, 0.1) is 0 Å². The smallest absolute Gasteiger partial charge is 0.146 e. The summed E-state index contributed by atoms with van der Waals surface area (Å²) in [6, 6.07) is 76.1. The molecule has 0 amide bonds. The SMILES string of the molecule is c1ccc2cc(-c3c4ccccc4c(-c4ccc5ccccc5c4)c4cc(-c5ccc6c(c5)c5cc7ccccc7cc5n5c7ccccc7nc65)ccc34)ccc2c1. The number of imidazole rings is 1. The van der Waals surface area contributed by atoms with Gasteiger partial charge in [0.25, 0.3) is 0 Å². The summed E-state index contributed by atoms with van der Waals surface area (Å²) in [5, 5.41) is 16.0. The Morgan fingerprint density at radius 2 is 0.746 bits per heavy atom. The van der Waals surface area contributed by atoms with Crippen LogP contribution < -0.4 is 0 Å². The summed E-state index contributed by atoms with van der Waals surface area (Å²) in [6.07, 6.45) is 0. The third-order valence-electron chi connectivity index (χ3n) is 12.6. The Morgan fingerprint density at radius 3 is 1.41 bits per heavy atom. The first kappa shape index (κ1) is 32.3. The second kappa shape index (κ2) is 12.3. The second-order valence-electron chi connectivity index (χ2n) is 15.9. The molecule has 2 heterocycles.